The lowest BCUT2D eigenvalue weighted by Gasteiger charge is -1.83. The second-order valence-corrected chi connectivity index (χ2v) is 3.86. The van der Waals surface area contributed by atoms with Crippen molar-refractivity contribution >= 4 is 35.3 Å². The molecule has 0 aliphatic carbocycles. The van der Waals surface area contributed by atoms with E-state index < -0.39 is 11.8 Å². The molecule has 0 saturated carbocycles. The number of rotatable bonds is 4. The van der Waals surface area contributed by atoms with Crippen LogP contribution in [0.3, 0.4) is 0 Å². The summed E-state index contributed by atoms with van der Waals surface area (Å²) in [5.74, 6) is -0.977. The van der Waals surface area contributed by atoms with E-state index in [0.717, 1.165) is 9.75 Å². The monoisotopic (exact) mass is 222 g/mol. The number of carbonyl (C=O) groups is 2. The molecule has 2 amide bonds. The quantitative estimate of drug-likeness (QED) is 0.736. The van der Waals surface area contributed by atoms with Gasteiger partial charge < -0.3 is 11.5 Å². The minimum Gasteiger partial charge on any atom is -0.366 e. The van der Waals surface area contributed by atoms with Crippen molar-refractivity contribution in [2.24, 2.45) is 11.5 Å². The molecular weight excluding hydrogens is 212 g/mol. The number of primary amides is 2. The maximum atomic E-state index is 10.5. The minimum atomic E-state index is -0.488. The SMILES string of the molecule is NC(=O)/C=C\c1ccc(/C=C\C(N)=O)s1. The van der Waals surface area contributed by atoms with Crippen LogP contribution in [-0.4, -0.2) is 11.8 Å². The van der Waals surface area contributed by atoms with Gasteiger partial charge >= 0.3 is 0 Å². The smallest absolute Gasteiger partial charge is 0.241 e. The molecule has 15 heavy (non-hydrogen) atoms. The van der Waals surface area contributed by atoms with Gasteiger partial charge in [-0.15, -0.1) is 11.3 Å². The van der Waals surface area contributed by atoms with E-state index in [4.69, 9.17) is 11.5 Å². The summed E-state index contributed by atoms with van der Waals surface area (Å²) >= 11 is 1.43. The van der Waals surface area contributed by atoms with Crippen LogP contribution in [0.1, 0.15) is 9.75 Å². The lowest BCUT2D eigenvalue weighted by molar-refractivity contribution is -0.114. The van der Waals surface area contributed by atoms with Gasteiger partial charge in [0.1, 0.15) is 0 Å². The number of thiophene rings is 1. The molecule has 0 aliphatic heterocycles. The molecule has 1 rings (SSSR count). The summed E-state index contributed by atoms with van der Waals surface area (Å²) in [5.41, 5.74) is 9.90. The summed E-state index contributed by atoms with van der Waals surface area (Å²) in [4.78, 5) is 22.7. The molecule has 0 radical (unpaired) electrons. The largest absolute Gasteiger partial charge is 0.366 e. The van der Waals surface area contributed by atoms with E-state index in [2.05, 4.69) is 0 Å². The van der Waals surface area contributed by atoms with Gasteiger partial charge in [-0.25, -0.2) is 0 Å². The van der Waals surface area contributed by atoms with E-state index in [0.29, 0.717) is 0 Å². The lowest BCUT2D eigenvalue weighted by Crippen LogP contribution is -2.04. The molecule has 1 aromatic rings. The van der Waals surface area contributed by atoms with Gasteiger partial charge in [0.25, 0.3) is 0 Å². The first-order valence-electron chi connectivity index (χ1n) is 4.13. The summed E-state index contributed by atoms with van der Waals surface area (Å²) in [5, 5.41) is 0. The second-order valence-electron chi connectivity index (χ2n) is 2.71. The fourth-order valence-corrected chi connectivity index (χ4v) is 1.69. The highest BCUT2D eigenvalue weighted by atomic mass is 32.1. The zero-order valence-electron chi connectivity index (χ0n) is 7.84. The summed E-state index contributed by atoms with van der Waals surface area (Å²) < 4.78 is 0. The van der Waals surface area contributed by atoms with E-state index >= 15 is 0 Å². The Bertz CT molecular complexity index is 394. The Labute approximate surface area is 90.9 Å². The summed E-state index contributed by atoms with van der Waals surface area (Å²) in [6.45, 7) is 0. The second kappa shape index (κ2) is 5.11. The molecule has 0 atom stereocenters. The van der Waals surface area contributed by atoms with Gasteiger partial charge in [-0.05, 0) is 24.3 Å². The summed E-state index contributed by atoms with van der Waals surface area (Å²) in [6.07, 6.45) is 5.81. The lowest BCUT2D eigenvalue weighted by atomic mass is 10.3. The van der Waals surface area contributed by atoms with Crippen LogP contribution in [0.2, 0.25) is 0 Å². The van der Waals surface area contributed by atoms with Gasteiger partial charge in [0.15, 0.2) is 0 Å². The van der Waals surface area contributed by atoms with Crippen molar-refractivity contribution in [2.45, 2.75) is 0 Å². The molecule has 0 fully saturated rings. The molecule has 0 aliphatic rings. The van der Waals surface area contributed by atoms with E-state index in [1.807, 2.05) is 12.1 Å². The number of hydrogen-bond acceptors (Lipinski definition) is 3. The standard InChI is InChI=1S/C10H10N2O2S/c11-9(13)5-3-7-1-2-8(15-7)4-6-10(12)14/h1-6H,(H2,11,13)(H2,12,14)/b5-3-,6-4-. The van der Waals surface area contributed by atoms with Crippen molar-refractivity contribution in [3.8, 4) is 0 Å². The van der Waals surface area contributed by atoms with Gasteiger partial charge in [-0.3, -0.25) is 9.59 Å². The third-order valence-corrected chi connectivity index (χ3v) is 2.49. The van der Waals surface area contributed by atoms with Gasteiger partial charge in [-0.2, -0.15) is 0 Å². The average Bonchev–Trinajstić information content (AvgIpc) is 2.59. The Morgan fingerprint density at radius 3 is 1.73 bits per heavy atom. The third kappa shape index (κ3) is 4.24. The highest BCUT2D eigenvalue weighted by Gasteiger charge is 1.94. The van der Waals surface area contributed by atoms with Crippen molar-refractivity contribution < 1.29 is 9.59 Å². The molecule has 78 valence electrons. The fourth-order valence-electron chi connectivity index (χ4n) is 0.876. The number of hydrogen-bond donors (Lipinski definition) is 2. The maximum Gasteiger partial charge on any atom is 0.241 e. The van der Waals surface area contributed by atoms with Gasteiger partial charge in [-0.1, -0.05) is 0 Å². The number of amides is 2. The van der Waals surface area contributed by atoms with E-state index in [-0.39, 0.29) is 0 Å². The Morgan fingerprint density at radius 2 is 1.40 bits per heavy atom. The van der Waals surface area contributed by atoms with E-state index in [9.17, 15) is 9.59 Å². The Morgan fingerprint density at radius 1 is 1.00 bits per heavy atom. The van der Waals surface area contributed by atoms with Gasteiger partial charge in [0.05, 0.1) is 0 Å². The first-order valence-corrected chi connectivity index (χ1v) is 4.94. The van der Waals surface area contributed by atoms with Crippen LogP contribution < -0.4 is 11.5 Å². The van der Waals surface area contributed by atoms with Crippen LogP contribution in [0.4, 0.5) is 0 Å². The van der Waals surface area contributed by atoms with Crippen LogP contribution in [0.25, 0.3) is 12.2 Å². The molecule has 0 aromatic carbocycles. The molecular formula is C10H10N2O2S. The molecule has 5 heteroatoms. The Balaban J connectivity index is 2.72. The van der Waals surface area contributed by atoms with E-state index in [1.54, 1.807) is 12.2 Å². The van der Waals surface area contributed by atoms with Gasteiger partial charge in [0, 0.05) is 21.9 Å². The topological polar surface area (TPSA) is 86.2 Å². The van der Waals surface area contributed by atoms with Crippen molar-refractivity contribution in [3.63, 3.8) is 0 Å². The third-order valence-electron chi connectivity index (χ3n) is 1.47. The number of nitrogens with two attached hydrogens (primary N) is 2. The molecule has 1 aromatic heterocycles. The van der Waals surface area contributed by atoms with Crippen molar-refractivity contribution in [3.05, 3.63) is 34.0 Å². The zero-order chi connectivity index (χ0) is 11.3. The molecule has 1 heterocycles. The predicted octanol–water partition coefficient (Wildman–Crippen LogP) is 0.745. The molecule has 0 spiro atoms. The summed E-state index contributed by atoms with van der Waals surface area (Å²) in [7, 11) is 0. The highest BCUT2D eigenvalue weighted by Crippen LogP contribution is 2.18. The Hall–Kier alpha value is -1.88. The summed E-state index contributed by atoms with van der Waals surface area (Å²) in [6, 6.07) is 3.65. The van der Waals surface area contributed by atoms with Crippen molar-refractivity contribution in [2.75, 3.05) is 0 Å². The first-order chi connectivity index (χ1) is 7.08. The van der Waals surface area contributed by atoms with Gasteiger partial charge in [0.2, 0.25) is 11.8 Å². The van der Waals surface area contributed by atoms with Crippen LogP contribution in [-0.2, 0) is 9.59 Å². The normalized spacial score (nSPS) is 11.2. The highest BCUT2D eigenvalue weighted by molar-refractivity contribution is 7.13. The van der Waals surface area contributed by atoms with Crippen LogP contribution >= 0.6 is 11.3 Å². The molecule has 4 nitrogen and oxygen atoms in total. The molecule has 0 saturated heterocycles. The van der Waals surface area contributed by atoms with Crippen LogP contribution in [0, 0.1) is 0 Å². The average molecular weight is 222 g/mol. The van der Waals surface area contributed by atoms with Crippen molar-refractivity contribution in [1.29, 1.82) is 0 Å². The molecule has 4 N–H and O–H groups in total. The predicted molar refractivity (Wildman–Crippen MR) is 60.8 cm³/mol. The fraction of sp³-hybridized carbons (Fsp3) is 0. The van der Waals surface area contributed by atoms with Crippen LogP contribution in [0.5, 0.6) is 0 Å². The van der Waals surface area contributed by atoms with Crippen LogP contribution in [0.15, 0.2) is 24.3 Å². The Kier molecular flexibility index (Phi) is 3.82. The first kappa shape index (κ1) is 11.2. The van der Waals surface area contributed by atoms with E-state index in [1.165, 1.54) is 23.5 Å². The zero-order valence-corrected chi connectivity index (χ0v) is 8.66. The minimum absolute atomic E-state index is 0.488. The maximum absolute atomic E-state index is 10.5. The van der Waals surface area contributed by atoms with Crippen molar-refractivity contribution in [1.82, 2.24) is 0 Å². The molecule has 0 bridgehead atoms. The molecule has 0 unspecified atom stereocenters. The number of carbonyl (C=O) groups excluding carboxylic acids is 2.